The molecular weight excluding hydrogens is 190 g/mol. The molecular formula is C12H17NO2. The summed E-state index contributed by atoms with van der Waals surface area (Å²) in [4.78, 5) is 10.9. The Morgan fingerprint density at radius 3 is 2.53 bits per heavy atom. The first-order valence-electron chi connectivity index (χ1n) is 5.35. The minimum Gasteiger partial charge on any atom is -0.444 e. The Hall–Kier alpha value is -1.30. The third kappa shape index (κ3) is 3.09. The summed E-state index contributed by atoms with van der Waals surface area (Å²) in [6.45, 7) is 3.36. The molecule has 1 aliphatic rings. The highest BCUT2D eigenvalue weighted by molar-refractivity contribution is 5.67. The second kappa shape index (κ2) is 4.97. The van der Waals surface area contributed by atoms with Crippen LogP contribution in [0.4, 0.5) is 0 Å². The number of esters is 1. The van der Waals surface area contributed by atoms with Crippen LogP contribution < -0.4 is 0 Å². The summed E-state index contributed by atoms with van der Waals surface area (Å²) >= 11 is 0. The van der Waals surface area contributed by atoms with E-state index in [1.54, 1.807) is 0 Å². The number of allylic oxidation sites excluding steroid dienone is 2. The quantitative estimate of drug-likeness (QED) is 0.516. The number of hydrogen-bond acceptors (Lipinski definition) is 3. The molecule has 1 saturated carbocycles. The molecule has 82 valence electrons. The molecule has 0 spiro atoms. The largest absolute Gasteiger partial charge is 0.444 e. The number of nitrogens with zero attached hydrogens (tertiary/aromatic N) is 1. The van der Waals surface area contributed by atoms with Crippen molar-refractivity contribution in [2.24, 2.45) is 5.92 Å². The van der Waals surface area contributed by atoms with Crippen LogP contribution in [-0.2, 0) is 9.53 Å². The molecule has 3 heteroatoms. The van der Waals surface area contributed by atoms with Gasteiger partial charge in [0, 0.05) is 19.8 Å². The molecule has 0 atom stereocenters. The van der Waals surface area contributed by atoms with Crippen molar-refractivity contribution in [1.82, 2.24) is 0 Å². The topological polar surface area (TPSA) is 50.1 Å². The summed E-state index contributed by atoms with van der Waals surface area (Å²) < 4.78 is 5.13. The summed E-state index contributed by atoms with van der Waals surface area (Å²) in [6.07, 6.45) is 7.34. The van der Waals surface area contributed by atoms with Crippen LogP contribution in [0, 0.1) is 17.2 Å². The van der Waals surface area contributed by atoms with E-state index in [1.807, 2.05) is 13.0 Å². The Balaban J connectivity index is 2.59. The number of carbonyl (C=O) groups excluding carboxylic acids is 1. The summed E-state index contributed by atoms with van der Waals surface area (Å²) in [5.41, 5.74) is -0.857. The SMILES string of the molecule is C/C=C/C1CCC(C#N)(OC(C)=O)CC1. The molecule has 1 fully saturated rings. The summed E-state index contributed by atoms with van der Waals surface area (Å²) in [5.74, 6) is 0.174. The van der Waals surface area contributed by atoms with Gasteiger partial charge in [-0.25, -0.2) is 0 Å². The van der Waals surface area contributed by atoms with Crippen LogP contribution in [0.5, 0.6) is 0 Å². The van der Waals surface area contributed by atoms with Gasteiger partial charge in [-0.1, -0.05) is 12.2 Å². The van der Waals surface area contributed by atoms with E-state index in [-0.39, 0.29) is 5.97 Å². The number of carbonyl (C=O) groups is 1. The fourth-order valence-electron chi connectivity index (χ4n) is 2.08. The van der Waals surface area contributed by atoms with Gasteiger partial charge in [-0.05, 0) is 25.7 Å². The Bertz CT molecular complexity index is 293. The Kier molecular flexibility index (Phi) is 3.90. The molecule has 0 heterocycles. The van der Waals surface area contributed by atoms with Gasteiger partial charge in [-0.15, -0.1) is 0 Å². The van der Waals surface area contributed by atoms with Crippen molar-refractivity contribution in [3.05, 3.63) is 12.2 Å². The van der Waals surface area contributed by atoms with Crippen LogP contribution in [0.25, 0.3) is 0 Å². The Labute approximate surface area is 90.7 Å². The smallest absolute Gasteiger partial charge is 0.304 e. The van der Waals surface area contributed by atoms with Gasteiger partial charge in [0.05, 0.1) is 0 Å². The van der Waals surface area contributed by atoms with Crippen molar-refractivity contribution in [1.29, 1.82) is 5.26 Å². The lowest BCUT2D eigenvalue weighted by Crippen LogP contribution is -2.36. The molecule has 3 nitrogen and oxygen atoms in total. The van der Waals surface area contributed by atoms with Crippen molar-refractivity contribution in [3.8, 4) is 6.07 Å². The number of hydrogen-bond donors (Lipinski definition) is 0. The van der Waals surface area contributed by atoms with Crippen molar-refractivity contribution in [2.45, 2.75) is 45.1 Å². The van der Waals surface area contributed by atoms with Crippen molar-refractivity contribution in [3.63, 3.8) is 0 Å². The fourth-order valence-corrected chi connectivity index (χ4v) is 2.08. The average Bonchev–Trinajstić information content (AvgIpc) is 2.21. The van der Waals surface area contributed by atoms with E-state index in [0.29, 0.717) is 18.8 Å². The molecule has 0 aliphatic heterocycles. The molecule has 1 rings (SSSR count). The van der Waals surface area contributed by atoms with Gasteiger partial charge in [0.15, 0.2) is 5.60 Å². The normalized spacial score (nSPS) is 31.1. The second-order valence-electron chi connectivity index (χ2n) is 4.06. The molecule has 15 heavy (non-hydrogen) atoms. The molecule has 0 unspecified atom stereocenters. The van der Waals surface area contributed by atoms with Crippen LogP contribution >= 0.6 is 0 Å². The summed E-state index contributed by atoms with van der Waals surface area (Å²) in [5, 5.41) is 9.06. The first kappa shape index (κ1) is 11.8. The molecule has 0 aromatic carbocycles. The zero-order valence-corrected chi connectivity index (χ0v) is 9.32. The number of ether oxygens (including phenoxy) is 1. The van der Waals surface area contributed by atoms with Crippen molar-refractivity contribution in [2.75, 3.05) is 0 Å². The Morgan fingerprint density at radius 2 is 2.13 bits per heavy atom. The molecule has 0 radical (unpaired) electrons. The van der Waals surface area contributed by atoms with E-state index in [9.17, 15) is 4.79 Å². The summed E-state index contributed by atoms with van der Waals surface area (Å²) in [7, 11) is 0. The highest BCUT2D eigenvalue weighted by Gasteiger charge is 2.37. The van der Waals surface area contributed by atoms with E-state index in [2.05, 4.69) is 12.1 Å². The second-order valence-corrected chi connectivity index (χ2v) is 4.06. The third-order valence-corrected chi connectivity index (χ3v) is 2.85. The van der Waals surface area contributed by atoms with Gasteiger partial charge in [-0.2, -0.15) is 5.26 Å². The number of rotatable bonds is 2. The van der Waals surface area contributed by atoms with Crippen molar-refractivity contribution >= 4 is 5.97 Å². The molecule has 0 aromatic rings. The van der Waals surface area contributed by atoms with Crippen LogP contribution in [0.3, 0.4) is 0 Å². The minimum atomic E-state index is -0.857. The van der Waals surface area contributed by atoms with E-state index in [4.69, 9.17) is 10.00 Å². The lowest BCUT2D eigenvalue weighted by Gasteiger charge is -2.33. The zero-order valence-electron chi connectivity index (χ0n) is 9.32. The highest BCUT2D eigenvalue weighted by atomic mass is 16.6. The first-order valence-corrected chi connectivity index (χ1v) is 5.35. The lowest BCUT2D eigenvalue weighted by atomic mass is 9.79. The molecule has 0 bridgehead atoms. The average molecular weight is 207 g/mol. The maximum absolute atomic E-state index is 10.9. The highest BCUT2D eigenvalue weighted by Crippen LogP contribution is 2.35. The van der Waals surface area contributed by atoms with Crippen LogP contribution in [-0.4, -0.2) is 11.6 Å². The zero-order chi connectivity index (χ0) is 11.3. The fraction of sp³-hybridized carbons (Fsp3) is 0.667. The van der Waals surface area contributed by atoms with E-state index < -0.39 is 5.60 Å². The van der Waals surface area contributed by atoms with Crippen LogP contribution in [0.15, 0.2) is 12.2 Å². The Morgan fingerprint density at radius 1 is 1.53 bits per heavy atom. The first-order chi connectivity index (χ1) is 7.12. The van der Waals surface area contributed by atoms with Gasteiger partial charge in [-0.3, -0.25) is 4.79 Å². The standard InChI is InChI=1S/C12H17NO2/c1-3-4-11-5-7-12(9-13,8-6-11)15-10(2)14/h3-4,11H,5-8H2,1-2H3/b4-3+. The monoisotopic (exact) mass is 207 g/mol. The molecule has 0 aromatic heterocycles. The van der Waals surface area contributed by atoms with Gasteiger partial charge in [0.25, 0.3) is 0 Å². The van der Waals surface area contributed by atoms with Crippen LogP contribution in [0.1, 0.15) is 39.5 Å². The van der Waals surface area contributed by atoms with Crippen LogP contribution in [0.2, 0.25) is 0 Å². The van der Waals surface area contributed by atoms with E-state index >= 15 is 0 Å². The maximum atomic E-state index is 10.9. The van der Waals surface area contributed by atoms with E-state index in [0.717, 1.165) is 12.8 Å². The van der Waals surface area contributed by atoms with Gasteiger partial charge in [0.2, 0.25) is 0 Å². The van der Waals surface area contributed by atoms with Crippen molar-refractivity contribution < 1.29 is 9.53 Å². The summed E-state index contributed by atoms with van der Waals surface area (Å²) in [6, 6.07) is 2.14. The van der Waals surface area contributed by atoms with Gasteiger partial charge < -0.3 is 4.74 Å². The van der Waals surface area contributed by atoms with Gasteiger partial charge >= 0.3 is 5.97 Å². The maximum Gasteiger partial charge on any atom is 0.304 e. The predicted octanol–water partition coefficient (Wildman–Crippen LogP) is 2.58. The molecule has 0 saturated heterocycles. The molecule has 0 amide bonds. The predicted molar refractivity (Wildman–Crippen MR) is 56.9 cm³/mol. The molecule has 1 aliphatic carbocycles. The molecule has 0 N–H and O–H groups in total. The third-order valence-electron chi connectivity index (χ3n) is 2.85. The number of nitriles is 1. The van der Waals surface area contributed by atoms with Gasteiger partial charge in [0.1, 0.15) is 6.07 Å². The van der Waals surface area contributed by atoms with E-state index in [1.165, 1.54) is 6.92 Å². The minimum absolute atomic E-state index is 0.360. The lowest BCUT2D eigenvalue weighted by molar-refractivity contribution is -0.154.